The molecule has 4 aromatic rings. The topological polar surface area (TPSA) is 61.4 Å². The first kappa shape index (κ1) is 17.9. The summed E-state index contributed by atoms with van der Waals surface area (Å²) in [5.41, 5.74) is 4.58. The Labute approximate surface area is 161 Å². The summed E-state index contributed by atoms with van der Waals surface area (Å²) in [6, 6.07) is 15.8. The maximum atomic E-state index is 13.2. The molecule has 0 N–H and O–H groups in total. The Morgan fingerprint density at radius 2 is 1.89 bits per heavy atom. The van der Waals surface area contributed by atoms with E-state index in [1.165, 1.54) is 12.1 Å². The van der Waals surface area contributed by atoms with Crippen molar-refractivity contribution in [3.05, 3.63) is 77.5 Å². The van der Waals surface area contributed by atoms with Crippen molar-refractivity contribution in [2.75, 3.05) is 6.61 Å². The van der Waals surface area contributed by atoms with Crippen molar-refractivity contribution >= 4 is 11.5 Å². The first-order chi connectivity index (χ1) is 13.5. The number of carbonyl (C=O) groups excluding carboxylic acids is 1. The van der Waals surface area contributed by atoms with E-state index in [2.05, 4.69) is 10.2 Å². The predicted octanol–water partition coefficient (Wildman–Crippen LogP) is 3.87. The van der Waals surface area contributed by atoms with E-state index >= 15 is 0 Å². The molecule has 0 aliphatic heterocycles. The standard InChI is InChI=1S/C21H19FN4O2/c1-3-28-21(27)20-11-14(2)25(23-20)13-18-6-4-5-17-12-19(24-26(17)18)15-7-9-16(22)10-8-15/h4-12H,3,13H2,1-2H3. The second-order valence-electron chi connectivity index (χ2n) is 6.44. The minimum atomic E-state index is -0.430. The number of carbonyl (C=O) groups is 1. The molecule has 0 amide bonds. The Morgan fingerprint density at radius 3 is 2.64 bits per heavy atom. The molecule has 7 heteroatoms. The Hall–Kier alpha value is -3.48. The second kappa shape index (κ2) is 7.26. The Morgan fingerprint density at radius 1 is 1.11 bits per heavy atom. The quantitative estimate of drug-likeness (QED) is 0.495. The number of rotatable bonds is 5. The van der Waals surface area contributed by atoms with E-state index in [0.717, 1.165) is 28.2 Å². The lowest BCUT2D eigenvalue weighted by Gasteiger charge is -2.07. The van der Waals surface area contributed by atoms with Gasteiger partial charge in [0.15, 0.2) is 5.69 Å². The van der Waals surface area contributed by atoms with Gasteiger partial charge in [0.1, 0.15) is 5.82 Å². The summed E-state index contributed by atoms with van der Waals surface area (Å²) in [4.78, 5) is 11.9. The first-order valence-electron chi connectivity index (χ1n) is 9.00. The smallest absolute Gasteiger partial charge is 0.358 e. The number of benzene rings is 1. The van der Waals surface area contributed by atoms with Gasteiger partial charge >= 0.3 is 5.97 Å². The number of ether oxygens (including phenoxy) is 1. The number of aromatic nitrogens is 4. The van der Waals surface area contributed by atoms with Crippen molar-refractivity contribution < 1.29 is 13.9 Å². The number of hydrogen-bond donors (Lipinski definition) is 0. The van der Waals surface area contributed by atoms with Crippen molar-refractivity contribution in [3.63, 3.8) is 0 Å². The molecular formula is C21H19FN4O2. The van der Waals surface area contributed by atoms with Crippen molar-refractivity contribution in [1.82, 2.24) is 19.4 Å². The van der Waals surface area contributed by atoms with Gasteiger partial charge in [-0.05, 0) is 62.4 Å². The summed E-state index contributed by atoms with van der Waals surface area (Å²) in [6.45, 7) is 4.42. The highest BCUT2D eigenvalue weighted by molar-refractivity contribution is 5.87. The van der Waals surface area contributed by atoms with Crippen molar-refractivity contribution in [3.8, 4) is 11.3 Å². The maximum absolute atomic E-state index is 13.2. The molecule has 0 fully saturated rings. The first-order valence-corrected chi connectivity index (χ1v) is 9.00. The van der Waals surface area contributed by atoms with Gasteiger partial charge in [0, 0.05) is 11.3 Å². The molecule has 142 valence electrons. The molecule has 0 atom stereocenters. The van der Waals surface area contributed by atoms with Crippen LogP contribution in [0.1, 0.15) is 28.8 Å². The third kappa shape index (κ3) is 3.38. The van der Waals surface area contributed by atoms with Gasteiger partial charge < -0.3 is 4.74 Å². The monoisotopic (exact) mass is 378 g/mol. The number of halogens is 1. The SMILES string of the molecule is CCOC(=O)c1cc(C)n(Cc2cccc3cc(-c4ccc(F)cc4)nn23)n1. The fourth-order valence-electron chi connectivity index (χ4n) is 3.08. The molecule has 6 nitrogen and oxygen atoms in total. The summed E-state index contributed by atoms with van der Waals surface area (Å²) in [5, 5.41) is 9.04. The van der Waals surface area contributed by atoms with E-state index in [0.29, 0.717) is 18.8 Å². The van der Waals surface area contributed by atoms with E-state index in [1.54, 1.807) is 29.8 Å². The van der Waals surface area contributed by atoms with Gasteiger partial charge in [0.2, 0.25) is 0 Å². The number of nitrogens with zero attached hydrogens (tertiary/aromatic N) is 4. The van der Waals surface area contributed by atoms with E-state index in [1.807, 2.05) is 35.7 Å². The van der Waals surface area contributed by atoms with Crippen LogP contribution in [0, 0.1) is 12.7 Å². The zero-order valence-electron chi connectivity index (χ0n) is 15.6. The highest BCUT2D eigenvalue weighted by Crippen LogP contribution is 2.21. The molecular weight excluding hydrogens is 359 g/mol. The van der Waals surface area contributed by atoms with Crippen LogP contribution in [0.5, 0.6) is 0 Å². The van der Waals surface area contributed by atoms with Crippen LogP contribution in [0.15, 0.2) is 54.6 Å². The summed E-state index contributed by atoms with van der Waals surface area (Å²) in [5.74, 6) is -0.708. The fraction of sp³-hybridized carbons (Fsp3) is 0.190. The van der Waals surface area contributed by atoms with Crippen LogP contribution >= 0.6 is 0 Å². The molecule has 0 aliphatic carbocycles. The molecule has 3 heterocycles. The van der Waals surface area contributed by atoms with Crippen LogP contribution in [0.4, 0.5) is 4.39 Å². The van der Waals surface area contributed by atoms with E-state index < -0.39 is 5.97 Å². The number of pyridine rings is 1. The number of esters is 1. The molecule has 0 spiro atoms. The summed E-state index contributed by atoms with van der Waals surface area (Å²) >= 11 is 0. The molecule has 0 aliphatic rings. The minimum Gasteiger partial charge on any atom is -0.461 e. The second-order valence-corrected chi connectivity index (χ2v) is 6.44. The van der Waals surface area contributed by atoms with Crippen LogP contribution in [-0.2, 0) is 11.3 Å². The Kier molecular flexibility index (Phi) is 4.65. The molecule has 28 heavy (non-hydrogen) atoms. The molecule has 0 bridgehead atoms. The predicted molar refractivity (Wildman–Crippen MR) is 103 cm³/mol. The fourth-order valence-corrected chi connectivity index (χ4v) is 3.08. The van der Waals surface area contributed by atoms with Gasteiger partial charge in [-0.15, -0.1) is 0 Å². The van der Waals surface area contributed by atoms with Crippen molar-refractivity contribution in [1.29, 1.82) is 0 Å². The average Bonchev–Trinajstić information content (AvgIpc) is 3.27. The Balaban J connectivity index is 1.68. The van der Waals surface area contributed by atoms with E-state index in [-0.39, 0.29) is 5.82 Å². The Bertz CT molecular complexity index is 1150. The molecule has 0 saturated carbocycles. The van der Waals surface area contributed by atoms with Gasteiger partial charge in [0.25, 0.3) is 0 Å². The van der Waals surface area contributed by atoms with Crippen molar-refractivity contribution in [2.45, 2.75) is 20.4 Å². The maximum Gasteiger partial charge on any atom is 0.358 e. The van der Waals surface area contributed by atoms with Gasteiger partial charge in [0.05, 0.1) is 30.1 Å². The zero-order chi connectivity index (χ0) is 19.7. The lowest BCUT2D eigenvalue weighted by Crippen LogP contribution is -2.10. The summed E-state index contributed by atoms with van der Waals surface area (Å²) in [6.07, 6.45) is 0. The van der Waals surface area contributed by atoms with Gasteiger partial charge in [-0.25, -0.2) is 13.7 Å². The lowest BCUT2D eigenvalue weighted by molar-refractivity contribution is 0.0518. The molecule has 1 aromatic carbocycles. The largest absolute Gasteiger partial charge is 0.461 e. The van der Waals surface area contributed by atoms with Crippen molar-refractivity contribution in [2.24, 2.45) is 0 Å². The molecule has 0 saturated heterocycles. The third-order valence-corrected chi connectivity index (χ3v) is 4.48. The van der Waals surface area contributed by atoms with Crippen LogP contribution in [0.25, 0.3) is 16.8 Å². The average molecular weight is 378 g/mol. The third-order valence-electron chi connectivity index (χ3n) is 4.48. The van der Waals surface area contributed by atoms with Crippen LogP contribution in [-0.4, -0.2) is 32.0 Å². The minimum absolute atomic E-state index is 0.278. The number of aryl methyl sites for hydroxylation is 1. The van der Waals surface area contributed by atoms with Gasteiger partial charge in [-0.2, -0.15) is 10.2 Å². The molecule has 3 aromatic heterocycles. The molecule has 4 rings (SSSR count). The van der Waals surface area contributed by atoms with Gasteiger partial charge in [-0.3, -0.25) is 4.68 Å². The van der Waals surface area contributed by atoms with Crippen LogP contribution in [0.2, 0.25) is 0 Å². The molecule has 0 unspecified atom stereocenters. The normalized spacial score (nSPS) is 11.1. The highest BCUT2D eigenvalue weighted by Gasteiger charge is 2.15. The summed E-state index contributed by atoms with van der Waals surface area (Å²) < 4.78 is 21.8. The summed E-state index contributed by atoms with van der Waals surface area (Å²) in [7, 11) is 0. The van der Waals surface area contributed by atoms with Crippen LogP contribution < -0.4 is 0 Å². The van der Waals surface area contributed by atoms with Crippen LogP contribution in [0.3, 0.4) is 0 Å². The lowest BCUT2D eigenvalue weighted by atomic mass is 10.1. The highest BCUT2D eigenvalue weighted by atomic mass is 19.1. The molecule has 0 radical (unpaired) electrons. The zero-order valence-corrected chi connectivity index (χ0v) is 15.6. The number of hydrogen-bond acceptors (Lipinski definition) is 4. The van der Waals surface area contributed by atoms with E-state index in [4.69, 9.17) is 4.74 Å². The van der Waals surface area contributed by atoms with E-state index in [9.17, 15) is 9.18 Å². The number of fused-ring (bicyclic) bond motifs is 1. The van der Waals surface area contributed by atoms with Gasteiger partial charge in [-0.1, -0.05) is 6.07 Å².